The Kier molecular flexibility index (Phi) is 7.35. The maximum atomic E-state index is 11.8. The molecule has 1 rings (SSSR count). The van der Waals surface area contributed by atoms with Gasteiger partial charge in [0.25, 0.3) is 0 Å². The first-order valence-corrected chi connectivity index (χ1v) is 9.11. The van der Waals surface area contributed by atoms with E-state index in [4.69, 9.17) is 23.2 Å². The van der Waals surface area contributed by atoms with Crippen LogP contribution < -0.4 is 5.32 Å². The fourth-order valence-electron chi connectivity index (χ4n) is 1.73. The lowest BCUT2D eigenvalue weighted by molar-refractivity contribution is -0.121. The molecule has 8 heteroatoms. The lowest BCUT2D eigenvalue weighted by atomic mass is 10.1. The largest absolute Gasteiger partial charge is 0.351 e. The van der Waals surface area contributed by atoms with Crippen LogP contribution in [0.3, 0.4) is 0 Å². The van der Waals surface area contributed by atoms with Crippen LogP contribution in [0.4, 0.5) is 0 Å². The van der Waals surface area contributed by atoms with Crippen molar-refractivity contribution in [2.24, 2.45) is 0 Å². The molecule has 0 radical (unpaired) electrons. The number of rotatable bonds is 8. The van der Waals surface area contributed by atoms with E-state index in [1.165, 1.54) is 6.08 Å². The van der Waals surface area contributed by atoms with E-state index in [0.29, 0.717) is 23.0 Å². The molecule has 0 aromatic heterocycles. The summed E-state index contributed by atoms with van der Waals surface area (Å²) in [5.41, 5.74) is 0.770. The summed E-state index contributed by atoms with van der Waals surface area (Å²) in [4.78, 5) is 11.7. The number of nitrogens with zero attached hydrogens (tertiary/aromatic N) is 1. The Hall–Kier alpha value is -1.08. The van der Waals surface area contributed by atoms with Gasteiger partial charge in [0.15, 0.2) is 0 Å². The van der Waals surface area contributed by atoms with Gasteiger partial charge in [0.05, 0.1) is 12.8 Å². The predicted molar refractivity (Wildman–Crippen MR) is 89.8 cm³/mol. The van der Waals surface area contributed by atoms with Gasteiger partial charge in [-0.2, -0.15) is 4.31 Å². The normalized spacial score (nSPS) is 11.5. The lowest BCUT2D eigenvalue weighted by Crippen LogP contribution is -2.41. The van der Waals surface area contributed by atoms with Gasteiger partial charge in [-0.1, -0.05) is 35.3 Å². The molecule has 0 aliphatic carbocycles. The fourth-order valence-corrected chi connectivity index (χ4v) is 3.01. The Balaban J connectivity index is 2.74. The third-order valence-electron chi connectivity index (χ3n) is 2.88. The fraction of sp³-hybridized carbons (Fsp3) is 0.357. The number of amides is 1. The van der Waals surface area contributed by atoms with Crippen molar-refractivity contribution in [1.82, 2.24) is 9.62 Å². The molecule has 0 unspecified atom stereocenters. The van der Waals surface area contributed by atoms with E-state index in [-0.39, 0.29) is 19.0 Å². The summed E-state index contributed by atoms with van der Waals surface area (Å²) in [7, 11) is -3.50. The van der Waals surface area contributed by atoms with Gasteiger partial charge in [0.1, 0.15) is 0 Å². The summed E-state index contributed by atoms with van der Waals surface area (Å²) in [5, 5.41) is 3.53. The predicted octanol–water partition coefficient (Wildman–Crippen LogP) is 2.10. The summed E-state index contributed by atoms with van der Waals surface area (Å²) < 4.78 is 24.7. The lowest BCUT2D eigenvalue weighted by Gasteiger charge is -2.19. The quantitative estimate of drug-likeness (QED) is 0.718. The van der Waals surface area contributed by atoms with Gasteiger partial charge in [-0.05, 0) is 24.1 Å². The highest BCUT2D eigenvalue weighted by Gasteiger charge is 2.20. The molecular formula is C14H18Cl2N2O3S. The number of carbonyl (C=O) groups is 1. The first-order chi connectivity index (χ1) is 10.2. The van der Waals surface area contributed by atoms with Crippen molar-refractivity contribution in [3.63, 3.8) is 0 Å². The van der Waals surface area contributed by atoms with Crippen molar-refractivity contribution in [3.8, 4) is 0 Å². The zero-order chi connectivity index (χ0) is 16.8. The Labute approximate surface area is 140 Å². The van der Waals surface area contributed by atoms with Crippen LogP contribution in [-0.4, -0.2) is 44.5 Å². The molecule has 1 amide bonds. The minimum atomic E-state index is -3.50. The highest BCUT2D eigenvalue weighted by atomic mass is 35.5. The van der Waals surface area contributed by atoms with Crippen molar-refractivity contribution in [2.75, 3.05) is 25.9 Å². The molecule has 1 aromatic rings. The Morgan fingerprint density at radius 2 is 2.09 bits per heavy atom. The maximum Gasteiger partial charge on any atom is 0.235 e. The van der Waals surface area contributed by atoms with Crippen LogP contribution in [-0.2, 0) is 21.2 Å². The Morgan fingerprint density at radius 3 is 2.64 bits per heavy atom. The summed E-state index contributed by atoms with van der Waals surface area (Å²) >= 11 is 11.9. The number of benzene rings is 1. The van der Waals surface area contributed by atoms with Crippen LogP contribution in [0, 0.1) is 0 Å². The summed E-state index contributed by atoms with van der Waals surface area (Å²) in [6.45, 7) is 3.69. The van der Waals surface area contributed by atoms with E-state index in [2.05, 4.69) is 11.9 Å². The van der Waals surface area contributed by atoms with Crippen molar-refractivity contribution in [2.45, 2.75) is 6.42 Å². The molecule has 0 aliphatic rings. The summed E-state index contributed by atoms with van der Waals surface area (Å²) in [6, 6.07) is 5.02. The maximum absolute atomic E-state index is 11.8. The topological polar surface area (TPSA) is 66.5 Å². The Morgan fingerprint density at radius 1 is 1.41 bits per heavy atom. The highest BCUT2D eigenvalue weighted by Crippen LogP contribution is 2.21. The third kappa shape index (κ3) is 6.36. The molecule has 1 aromatic carbocycles. The van der Waals surface area contributed by atoms with E-state index < -0.39 is 10.0 Å². The molecule has 0 saturated carbocycles. The van der Waals surface area contributed by atoms with Crippen molar-refractivity contribution in [3.05, 3.63) is 46.5 Å². The molecule has 0 atom stereocenters. The molecule has 22 heavy (non-hydrogen) atoms. The molecule has 0 spiro atoms. The molecule has 0 bridgehead atoms. The second-order valence-corrected chi connectivity index (χ2v) is 7.50. The average Bonchev–Trinajstić information content (AvgIpc) is 2.41. The van der Waals surface area contributed by atoms with Crippen molar-refractivity contribution in [1.29, 1.82) is 0 Å². The van der Waals surface area contributed by atoms with Gasteiger partial charge in [-0.15, -0.1) is 6.58 Å². The monoisotopic (exact) mass is 364 g/mol. The first kappa shape index (κ1) is 19.0. The minimum absolute atomic E-state index is 0.154. The van der Waals surface area contributed by atoms with E-state index in [1.807, 2.05) is 0 Å². The van der Waals surface area contributed by atoms with E-state index in [1.54, 1.807) is 18.2 Å². The molecule has 122 valence electrons. The van der Waals surface area contributed by atoms with Gasteiger partial charge in [0.2, 0.25) is 15.9 Å². The second kappa shape index (κ2) is 8.53. The molecular weight excluding hydrogens is 347 g/mol. The van der Waals surface area contributed by atoms with Gasteiger partial charge < -0.3 is 5.32 Å². The summed E-state index contributed by atoms with van der Waals surface area (Å²) in [5.74, 6) is -0.382. The summed E-state index contributed by atoms with van der Waals surface area (Å²) in [6.07, 6.45) is 2.98. The van der Waals surface area contributed by atoms with Crippen LogP contribution in [0.1, 0.15) is 5.56 Å². The number of hydrogen-bond donors (Lipinski definition) is 1. The standard InChI is InChI=1S/C14H18Cl2N2O3S/c1-3-7-17-14(19)10-18(22(2,20)21)8-6-11-4-5-12(15)9-13(11)16/h3-5,9H,1,6-8,10H2,2H3,(H,17,19). The highest BCUT2D eigenvalue weighted by molar-refractivity contribution is 7.88. The van der Waals surface area contributed by atoms with Crippen LogP contribution in [0.15, 0.2) is 30.9 Å². The van der Waals surface area contributed by atoms with Crippen LogP contribution in [0.25, 0.3) is 0 Å². The van der Waals surface area contributed by atoms with Crippen LogP contribution in [0.5, 0.6) is 0 Å². The molecule has 5 nitrogen and oxygen atoms in total. The van der Waals surface area contributed by atoms with E-state index in [9.17, 15) is 13.2 Å². The zero-order valence-electron chi connectivity index (χ0n) is 12.2. The van der Waals surface area contributed by atoms with Gasteiger partial charge >= 0.3 is 0 Å². The molecule has 1 N–H and O–H groups in total. The van der Waals surface area contributed by atoms with Gasteiger partial charge in [0, 0.05) is 23.1 Å². The van der Waals surface area contributed by atoms with Gasteiger partial charge in [-0.3, -0.25) is 4.79 Å². The Bertz CT molecular complexity index is 647. The first-order valence-electron chi connectivity index (χ1n) is 6.50. The zero-order valence-corrected chi connectivity index (χ0v) is 14.5. The van der Waals surface area contributed by atoms with E-state index in [0.717, 1.165) is 16.1 Å². The third-order valence-corrected chi connectivity index (χ3v) is 4.71. The molecule has 0 saturated heterocycles. The SMILES string of the molecule is C=CCNC(=O)CN(CCc1ccc(Cl)cc1Cl)S(C)(=O)=O. The van der Waals surface area contributed by atoms with Gasteiger partial charge in [-0.25, -0.2) is 8.42 Å². The number of halogens is 2. The average molecular weight is 365 g/mol. The number of sulfonamides is 1. The number of nitrogens with one attached hydrogen (secondary N) is 1. The van der Waals surface area contributed by atoms with Crippen molar-refractivity contribution >= 4 is 39.1 Å². The second-order valence-electron chi connectivity index (χ2n) is 4.68. The smallest absolute Gasteiger partial charge is 0.235 e. The molecule has 0 heterocycles. The van der Waals surface area contributed by atoms with Crippen molar-refractivity contribution < 1.29 is 13.2 Å². The molecule has 0 fully saturated rings. The molecule has 0 aliphatic heterocycles. The van der Waals surface area contributed by atoms with Crippen LogP contribution >= 0.6 is 23.2 Å². The minimum Gasteiger partial charge on any atom is -0.351 e. The van der Waals surface area contributed by atoms with E-state index >= 15 is 0 Å². The number of carbonyl (C=O) groups excluding carboxylic acids is 1. The van der Waals surface area contributed by atoms with Crippen LogP contribution in [0.2, 0.25) is 10.0 Å². The number of hydrogen-bond acceptors (Lipinski definition) is 3.